The number of methoxy groups -OCH3 is 1. The fourth-order valence-corrected chi connectivity index (χ4v) is 1.53. The summed E-state index contributed by atoms with van der Waals surface area (Å²) in [6.07, 6.45) is 1.79. The van der Waals surface area contributed by atoms with E-state index in [-0.39, 0.29) is 6.29 Å². The van der Waals surface area contributed by atoms with E-state index >= 15 is 0 Å². The zero-order valence-electron chi connectivity index (χ0n) is 7.62. The summed E-state index contributed by atoms with van der Waals surface area (Å²) in [5.41, 5.74) is 7.59. The Morgan fingerprint density at radius 2 is 2.38 bits per heavy atom. The van der Waals surface area contributed by atoms with Gasteiger partial charge in [-0.05, 0) is 18.1 Å². The first kappa shape index (κ1) is 8.38. The molecule has 0 radical (unpaired) electrons. The highest BCUT2D eigenvalue weighted by Crippen LogP contribution is 2.29. The van der Waals surface area contributed by atoms with Gasteiger partial charge in [-0.1, -0.05) is 6.07 Å². The Morgan fingerprint density at radius 3 is 3.15 bits per heavy atom. The number of anilines is 1. The number of nitrogens with two attached hydrogens (primary N) is 1. The number of benzene rings is 1. The van der Waals surface area contributed by atoms with Crippen LogP contribution in [0.25, 0.3) is 0 Å². The molecular formula is C10H13NO2. The number of aryl methyl sites for hydroxylation is 1. The van der Waals surface area contributed by atoms with Crippen LogP contribution < -0.4 is 10.5 Å². The summed E-state index contributed by atoms with van der Waals surface area (Å²) in [7, 11) is 1.65. The maximum absolute atomic E-state index is 5.65. The quantitative estimate of drug-likeness (QED) is 0.665. The Bertz CT molecular complexity index is 312. The molecule has 0 aliphatic carbocycles. The Kier molecular flexibility index (Phi) is 2.10. The standard InChI is InChI=1S/C10H13NO2/c1-12-10-5-3-7-2-4-8(11)6-9(7)13-10/h2,4,6,10H,3,5,11H2,1H3. The highest BCUT2D eigenvalue weighted by molar-refractivity contribution is 5.49. The fraction of sp³-hybridized carbons (Fsp3) is 0.400. The summed E-state index contributed by atoms with van der Waals surface area (Å²) >= 11 is 0. The molecule has 0 spiro atoms. The first-order valence-electron chi connectivity index (χ1n) is 4.37. The number of nitrogen functional groups attached to an aromatic ring is 1. The van der Waals surface area contributed by atoms with Crippen molar-refractivity contribution in [3.05, 3.63) is 23.8 Å². The van der Waals surface area contributed by atoms with E-state index in [1.165, 1.54) is 5.56 Å². The SMILES string of the molecule is COC1CCc2ccc(N)cc2O1. The summed E-state index contributed by atoms with van der Waals surface area (Å²) in [6.45, 7) is 0. The molecule has 0 amide bonds. The van der Waals surface area contributed by atoms with Crippen molar-refractivity contribution in [1.82, 2.24) is 0 Å². The van der Waals surface area contributed by atoms with Gasteiger partial charge in [-0.2, -0.15) is 0 Å². The molecule has 0 aromatic heterocycles. The molecule has 13 heavy (non-hydrogen) atoms. The number of rotatable bonds is 1. The second-order valence-corrected chi connectivity index (χ2v) is 3.19. The molecule has 1 atom stereocenters. The van der Waals surface area contributed by atoms with E-state index in [1.54, 1.807) is 7.11 Å². The number of hydrogen-bond donors (Lipinski definition) is 1. The van der Waals surface area contributed by atoms with Crippen molar-refractivity contribution in [3.63, 3.8) is 0 Å². The first-order valence-corrected chi connectivity index (χ1v) is 4.37. The molecule has 1 heterocycles. The predicted octanol–water partition coefficient (Wildman–Crippen LogP) is 1.57. The van der Waals surface area contributed by atoms with Crippen LogP contribution in [0.2, 0.25) is 0 Å². The van der Waals surface area contributed by atoms with E-state index in [2.05, 4.69) is 0 Å². The molecule has 1 aromatic rings. The van der Waals surface area contributed by atoms with Gasteiger partial charge in [-0.3, -0.25) is 0 Å². The molecule has 1 aliphatic rings. The van der Waals surface area contributed by atoms with E-state index in [1.807, 2.05) is 18.2 Å². The lowest BCUT2D eigenvalue weighted by atomic mass is 10.1. The summed E-state index contributed by atoms with van der Waals surface area (Å²) in [4.78, 5) is 0. The normalized spacial score (nSPS) is 20.5. The van der Waals surface area contributed by atoms with Crippen molar-refractivity contribution in [2.24, 2.45) is 0 Å². The summed E-state index contributed by atoms with van der Waals surface area (Å²) < 4.78 is 10.7. The van der Waals surface area contributed by atoms with Crippen molar-refractivity contribution in [2.45, 2.75) is 19.1 Å². The lowest BCUT2D eigenvalue weighted by Gasteiger charge is -2.24. The van der Waals surface area contributed by atoms with Crippen molar-refractivity contribution >= 4 is 5.69 Å². The predicted molar refractivity (Wildman–Crippen MR) is 50.6 cm³/mol. The molecule has 1 aliphatic heterocycles. The van der Waals surface area contributed by atoms with Crippen LogP contribution in [0, 0.1) is 0 Å². The molecule has 70 valence electrons. The van der Waals surface area contributed by atoms with Crippen LogP contribution in [0.4, 0.5) is 5.69 Å². The van der Waals surface area contributed by atoms with Crippen LogP contribution in [0.5, 0.6) is 5.75 Å². The highest BCUT2D eigenvalue weighted by Gasteiger charge is 2.18. The van der Waals surface area contributed by atoms with Gasteiger partial charge in [0.05, 0.1) is 0 Å². The van der Waals surface area contributed by atoms with Gasteiger partial charge < -0.3 is 15.2 Å². The van der Waals surface area contributed by atoms with Crippen LogP contribution >= 0.6 is 0 Å². The van der Waals surface area contributed by atoms with Gasteiger partial charge in [0.1, 0.15) is 5.75 Å². The van der Waals surface area contributed by atoms with E-state index in [4.69, 9.17) is 15.2 Å². The Labute approximate surface area is 77.5 Å². The van der Waals surface area contributed by atoms with Gasteiger partial charge in [0.25, 0.3) is 0 Å². The lowest BCUT2D eigenvalue weighted by Crippen LogP contribution is -2.24. The van der Waals surface area contributed by atoms with Crippen LogP contribution in [-0.2, 0) is 11.2 Å². The minimum absolute atomic E-state index is 0.116. The van der Waals surface area contributed by atoms with E-state index in [9.17, 15) is 0 Å². The fourth-order valence-electron chi connectivity index (χ4n) is 1.53. The second-order valence-electron chi connectivity index (χ2n) is 3.19. The topological polar surface area (TPSA) is 44.5 Å². The van der Waals surface area contributed by atoms with Gasteiger partial charge in [-0.25, -0.2) is 0 Å². The Hall–Kier alpha value is -1.22. The van der Waals surface area contributed by atoms with Crippen molar-refractivity contribution in [1.29, 1.82) is 0 Å². The zero-order chi connectivity index (χ0) is 9.26. The van der Waals surface area contributed by atoms with Gasteiger partial charge in [-0.15, -0.1) is 0 Å². The molecule has 0 saturated carbocycles. The minimum atomic E-state index is -0.116. The summed E-state index contributed by atoms with van der Waals surface area (Å²) in [5.74, 6) is 0.859. The maximum atomic E-state index is 5.65. The molecule has 0 bridgehead atoms. The van der Waals surface area contributed by atoms with E-state index < -0.39 is 0 Å². The molecule has 2 N–H and O–H groups in total. The molecule has 3 heteroatoms. The third-order valence-corrected chi connectivity index (χ3v) is 2.26. The first-order chi connectivity index (χ1) is 6.29. The monoisotopic (exact) mass is 179 g/mol. The summed E-state index contributed by atoms with van der Waals surface area (Å²) in [6, 6.07) is 5.76. The maximum Gasteiger partial charge on any atom is 0.199 e. The molecule has 1 unspecified atom stereocenters. The molecule has 3 nitrogen and oxygen atoms in total. The average molecular weight is 179 g/mol. The largest absolute Gasteiger partial charge is 0.465 e. The third-order valence-electron chi connectivity index (χ3n) is 2.26. The molecular weight excluding hydrogens is 166 g/mol. The second kappa shape index (κ2) is 3.26. The van der Waals surface area contributed by atoms with Gasteiger partial charge in [0, 0.05) is 25.3 Å². The highest BCUT2D eigenvalue weighted by atomic mass is 16.7. The van der Waals surface area contributed by atoms with Crippen molar-refractivity contribution < 1.29 is 9.47 Å². The minimum Gasteiger partial charge on any atom is -0.465 e. The number of hydrogen-bond acceptors (Lipinski definition) is 3. The lowest BCUT2D eigenvalue weighted by molar-refractivity contribution is -0.0653. The Morgan fingerprint density at radius 1 is 1.54 bits per heavy atom. The number of fused-ring (bicyclic) bond motifs is 1. The average Bonchev–Trinajstić information content (AvgIpc) is 2.16. The van der Waals surface area contributed by atoms with Gasteiger partial charge in [0.2, 0.25) is 0 Å². The van der Waals surface area contributed by atoms with Crippen LogP contribution in [0.1, 0.15) is 12.0 Å². The molecule has 0 fully saturated rings. The van der Waals surface area contributed by atoms with Gasteiger partial charge in [0.15, 0.2) is 6.29 Å². The molecule has 1 aromatic carbocycles. The third kappa shape index (κ3) is 1.60. The van der Waals surface area contributed by atoms with E-state index in [0.717, 1.165) is 24.3 Å². The van der Waals surface area contributed by atoms with Crippen LogP contribution in [0.3, 0.4) is 0 Å². The van der Waals surface area contributed by atoms with Gasteiger partial charge >= 0.3 is 0 Å². The zero-order valence-corrected chi connectivity index (χ0v) is 7.62. The van der Waals surface area contributed by atoms with Crippen LogP contribution in [0.15, 0.2) is 18.2 Å². The Balaban J connectivity index is 2.27. The molecule has 0 saturated heterocycles. The van der Waals surface area contributed by atoms with E-state index in [0.29, 0.717) is 0 Å². The molecule has 2 rings (SSSR count). The number of ether oxygens (including phenoxy) is 2. The summed E-state index contributed by atoms with van der Waals surface area (Å²) in [5, 5.41) is 0. The van der Waals surface area contributed by atoms with Crippen molar-refractivity contribution in [2.75, 3.05) is 12.8 Å². The van der Waals surface area contributed by atoms with Crippen molar-refractivity contribution in [3.8, 4) is 5.75 Å². The smallest absolute Gasteiger partial charge is 0.199 e. The van der Waals surface area contributed by atoms with Crippen LogP contribution in [-0.4, -0.2) is 13.4 Å².